The Labute approximate surface area is 60.0 Å². The molecule has 52 valence electrons. The molecular formula is C7H11ClO. The van der Waals surface area contributed by atoms with Crippen molar-refractivity contribution in [2.24, 2.45) is 11.8 Å². The molecule has 1 N–H and O–H groups in total. The van der Waals surface area contributed by atoms with Gasteiger partial charge in [-0.1, -0.05) is 0 Å². The van der Waals surface area contributed by atoms with Gasteiger partial charge in [0.15, 0.2) is 0 Å². The molecule has 0 unspecified atom stereocenters. The van der Waals surface area contributed by atoms with E-state index in [0.29, 0.717) is 17.2 Å². The Morgan fingerprint density at radius 1 is 1.33 bits per heavy atom. The third-order valence-corrected chi connectivity index (χ3v) is 3.45. The van der Waals surface area contributed by atoms with E-state index >= 15 is 0 Å². The van der Waals surface area contributed by atoms with E-state index in [2.05, 4.69) is 0 Å². The molecular weight excluding hydrogens is 136 g/mol. The Morgan fingerprint density at radius 2 is 2.11 bits per heavy atom. The summed E-state index contributed by atoms with van der Waals surface area (Å²) in [6.45, 7) is 0. The third-order valence-electron chi connectivity index (χ3n) is 2.77. The Bertz CT molecular complexity index is 126. The monoisotopic (exact) mass is 146 g/mol. The van der Waals surface area contributed by atoms with Crippen LogP contribution in [0, 0.1) is 11.8 Å². The van der Waals surface area contributed by atoms with Gasteiger partial charge in [-0.3, -0.25) is 0 Å². The van der Waals surface area contributed by atoms with E-state index in [4.69, 9.17) is 11.6 Å². The molecule has 2 heteroatoms. The number of hydrogen-bond donors (Lipinski definition) is 1. The number of halogens is 1. The second-order valence-electron chi connectivity index (χ2n) is 3.25. The molecule has 0 spiro atoms. The second kappa shape index (κ2) is 1.86. The van der Waals surface area contributed by atoms with E-state index in [0.717, 1.165) is 12.8 Å². The molecule has 0 saturated heterocycles. The molecule has 0 amide bonds. The molecule has 4 atom stereocenters. The van der Waals surface area contributed by atoms with Gasteiger partial charge in [-0.25, -0.2) is 0 Å². The molecule has 2 aliphatic rings. The van der Waals surface area contributed by atoms with Crippen molar-refractivity contribution in [3.63, 3.8) is 0 Å². The zero-order chi connectivity index (χ0) is 6.43. The van der Waals surface area contributed by atoms with Crippen LogP contribution < -0.4 is 0 Å². The number of rotatable bonds is 0. The predicted octanol–water partition coefficient (Wildman–Crippen LogP) is 1.38. The van der Waals surface area contributed by atoms with Crippen molar-refractivity contribution >= 4 is 11.6 Å². The standard InChI is InChI=1S/C7H11ClO/c8-7-4-1-2-5(7)6(9)3-4/h4-7,9H,1-3H2/t4-,5+,6-,7-/m0/s1. The Kier molecular flexibility index (Phi) is 1.24. The molecule has 1 nitrogen and oxygen atoms in total. The van der Waals surface area contributed by atoms with Crippen LogP contribution in [0.3, 0.4) is 0 Å². The SMILES string of the molecule is O[C@H]1C[C@@H]2CC[C@H]1[C@H]2Cl. The van der Waals surface area contributed by atoms with Gasteiger partial charge in [-0.05, 0) is 25.2 Å². The molecule has 2 fully saturated rings. The normalized spacial score (nSPS) is 56.7. The van der Waals surface area contributed by atoms with Crippen LogP contribution in [0.2, 0.25) is 0 Å². The van der Waals surface area contributed by atoms with Crippen LogP contribution in [-0.2, 0) is 0 Å². The molecule has 0 aromatic rings. The Balaban J connectivity index is 2.16. The largest absolute Gasteiger partial charge is 0.393 e. The van der Waals surface area contributed by atoms with Gasteiger partial charge in [0.05, 0.1) is 6.10 Å². The average Bonchev–Trinajstić information content (AvgIpc) is 2.25. The topological polar surface area (TPSA) is 20.2 Å². The molecule has 0 radical (unpaired) electrons. The van der Waals surface area contributed by atoms with E-state index in [9.17, 15) is 5.11 Å². The summed E-state index contributed by atoms with van der Waals surface area (Å²) in [6.07, 6.45) is 3.28. The first-order chi connectivity index (χ1) is 4.29. The van der Waals surface area contributed by atoms with Crippen molar-refractivity contribution < 1.29 is 5.11 Å². The fourth-order valence-electron chi connectivity index (χ4n) is 2.21. The summed E-state index contributed by atoms with van der Waals surface area (Å²) < 4.78 is 0. The van der Waals surface area contributed by atoms with Gasteiger partial charge in [0.25, 0.3) is 0 Å². The zero-order valence-corrected chi connectivity index (χ0v) is 6.01. The highest BCUT2D eigenvalue weighted by Gasteiger charge is 2.46. The molecule has 2 aliphatic carbocycles. The smallest absolute Gasteiger partial charge is 0.0585 e. The van der Waals surface area contributed by atoms with Crippen LogP contribution in [0.5, 0.6) is 0 Å². The quantitative estimate of drug-likeness (QED) is 0.512. The van der Waals surface area contributed by atoms with Crippen LogP contribution in [0.1, 0.15) is 19.3 Å². The van der Waals surface area contributed by atoms with Crippen molar-refractivity contribution in [1.29, 1.82) is 0 Å². The zero-order valence-electron chi connectivity index (χ0n) is 5.26. The van der Waals surface area contributed by atoms with Gasteiger partial charge < -0.3 is 5.11 Å². The van der Waals surface area contributed by atoms with Crippen molar-refractivity contribution in [1.82, 2.24) is 0 Å². The first kappa shape index (κ1) is 5.99. The van der Waals surface area contributed by atoms with E-state index < -0.39 is 0 Å². The van der Waals surface area contributed by atoms with E-state index in [-0.39, 0.29) is 6.10 Å². The van der Waals surface area contributed by atoms with Gasteiger partial charge in [0.2, 0.25) is 0 Å². The van der Waals surface area contributed by atoms with Gasteiger partial charge in [0, 0.05) is 11.3 Å². The second-order valence-corrected chi connectivity index (χ2v) is 3.75. The van der Waals surface area contributed by atoms with Crippen molar-refractivity contribution in [3.8, 4) is 0 Å². The van der Waals surface area contributed by atoms with Gasteiger partial charge in [0.1, 0.15) is 0 Å². The lowest BCUT2D eigenvalue weighted by atomic mass is 9.98. The summed E-state index contributed by atoms with van der Waals surface area (Å²) in [7, 11) is 0. The molecule has 2 saturated carbocycles. The Morgan fingerprint density at radius 3 is 2.33 bits per heavy atom. The summed E-state index contributed by atoms with van der Waals surface area (Å²) in [4.78, 5) is 0. The van der Waals surface area contributed by atoms with E-state index in [1.54, 1.807) is 0 Å². The van der Waals surface area contributed by atoms with Crippen LogP contribution in [-0.4, -0.2) is 16.6 Å². The average molecular weight is 147 g/mol. The van der Waals surface area contributed by atoms with Crippen LogP contribution >= 0.6 is 11.6 Å². The molecule has 2 bridgehead atoms. The first-order valence-electron chi connectivity index (χ1n) is 3.61. The Hall–Kier alpha value is 0.250. The van der Waals surface area contributed by atoms with E-state index in [1.165, 1.54) is 6.42 Å². The first-order valence-corrected chi connectivity index (χ1v) is 4.05. The molecule has 0 aliphatic heterocycles. The summed E-state index contributed by atoms with van der Waals surface area (Å²) >= 11 is 6.01. The van der Waals surface area contributed by atoms with Crippen LogP contribution in [0.4, 0.5) is 0 Å². The summed E-state index contributed by atoms with van der Waals surface area (Å²) in [5, 5.41) is 9.60. The minimum atomic E-state index is -0.0775. The fraction of sp³-hybridized carbons (Fsp3) is 1.00. The summed E-state index contributed by atoms with van der Waals surface area (Å²) in [5.74, 6) is 1.06. The number of hydrogen-bond acceptors (Lipinski definition) is 1. The van der Waals surface area contributed by atoms with Gasteiger partial charge >= 0.3 is 0 Å². The van der Waals surface area contributed by atoms with Crippen molar-refractivity contribution in [2.45, 2.75) is 30.7 Å². The number of aliphatic hydroxyl groups is 1. The lowest BCUT2D eigenvalue weighted by Gasteiger charge is -2.14. The number of fused-ring (bicyclic) bond motifs is 2. The maximum absolute atomic E-state index is 9.31. The van der Waals surface area contributed by atoms with Crippen molar-refractivity contribution in [2.75, 3.05) is 0 Å². The van der Waals surface area contributed by atoms with Gasteiger partial charge in [-0.2, -0.15) is 0 Å². The maximum Gasteiger partial charge on any atom is 0.0585 e. The van der Waals surface area contributed by atoms with Crippen molar-refractivity contribution in [3.05, 3.63) is 0 Å². The number of aliphatic hydroxyl groups excluding tert-OH is 1. The highest BCUT2D eigenvalue weighted by Crippen LogP contribution is 2.47. The minimum absolute atomic E-state index is 0.0775. The molecule has 9 heavy (non-hydrogen) atoms. The van der Waals surface area contributed by atoms with Crippen LogP contribution in [0.25, 0.3) is 0 Å². The highest BCUT2D eigenvalue weighted by molar-refractivity contribution is 6.21. The summed E-state index contributed by atoms with van der Waals surface area (Å²) in [5.41, 5.74) is 0. The lowest BCUT2D eigenvalue weighted by Crippen LogP contribution is -2.16. The van der Waals surface area contributed by atoms with E-state index in [1.807, 2.05) is 0 Å². The fourth-order valence-corrected chi connectivity index (χ4v) is 2.73. The predicted molar refractivity (Wildman–Crippen MR) is 36.5 cm³/mol. The van der Waals surface area contributed by atoms with Gasteiger partial charge in [-0.15, -0.1) is 11.6 Å². The lowest BCUT2D eigenvalue weighted by molar-refractivity contribution is 0.114. The molecule has 0 aromatic carbocycles. The number of alkyl halides is 1. The molecule has 2 rings (SSSR count). The summed E-state index contributed by atoms with van der Waals surface area (Å²) in [6, 6.07) is 0. The molecule has 0 heterocycles. The minimum Gasteiger partial charge on any atom is -0.393 e. The van der Waals surface area contributed by atoms with Crippen LogP contribution in [0.15, 0.2) is 0 Å². The maximum atomic E-state index is 9.31. The highest BCUT2D eigenvalue weighted by atomic mass is 35.5. The molecule has 0 aromatic heterocycles. The third kappa shape index (κ3) is 0.714.